The molecule has 1 spiro atoms. The second kappa shape index (κ2) is 13.4. The fourth-order valence-corrected chi connectivity index (χ4v) is 6.50. The van der Waals surface area contributed by atoms with E-state index in [1.807, 2.05) is 29.2 Å². The average molecular weight is 679 g/mol. The lowest BCUT2D eigenvalue weighted by Crippen LogP contribution is -2.41. The number of ether oxygens (including phenoxy) is 1. The molecule has 2 aliphatic heterocycles. The maximum Gasteiger partial charge on any atom is 0.429 e. The lowest BCUT2D eigenvalue weighted by atomic mass is 9.76. The third-order valence-electron chi connectivity index (χ3n) is 9.16. The van der Waals surface area contributed by atoms with Gasteiger partial charge in [0.05, 0.1) is 11.4 Å². The van der Waals surface area contributed by atoms with E-state index in [4.69, 9.17) is 10.5 Å². The van der Waals surface area contributed by atoms with Crippen molar-refractivity contribution in [3.05, 3.63) is 77.6 Å². The number of alkyl halides is 3. The van der Waals surface area contributed by atoms with Gasteiger partial charge in [0.15, 0.2) is 0 Å². The van der Waals surface area contributed by atoms with Gasteiger partial charge in [0.25, 0.3) is 0 Å². The van der Waals surface area contributed by atoms with Gasteiger partial charge in [-0.25, -0.2) is 4.68 Å². The highest BCUT2D eigenvalue weighted by molar-refractivity contribution is 5.74. The number of aromatic nitrogens is 4. The van der Waals surface area contributed by atoms with E-state index in [2.05, 4.69) is 25.7 Å². The summed E-state index contributed by atoms with van der Waals surface area (Å²) in [5.74, 6) is -1.26. The second-order valence-corrected chi connectivity index (χ2v) is 12.7. The summed E-state index contributed by atoms with van der Waals surface area (Å²) in [5, 5.41) is 19.6. The van der Waals surface area contributed by atoms with E-state index in [9.17, 15) is 27.9 Å². The van der Waals surface area contributed by atoms with Crippen LogP contribution in [0.4, 0.5) is 24.9 Å². The van der Waals surface area contributed by atoms with Crippen LogP contribution in [0.5, 0.6) is 5.88 Å². The van der Waals surface area contributed by atoms with Gasteiger partial charge in [-0.05, 0) is 60.4 Å². The van der Waals surface area contributed by atoms with Gasteiger partial charge in [-0.1, -0.05) is 36.4 Å². The van der Waals surface area contributed by atoms with Crippen LogP contribution in [0.1, 0.15) is 49.1 Å². The quantitative estimate of drug-likeness (QED) is 0.198. The fourth-order valence-electron chi connectivity index (χ4n) is 6.50. The Hall–Kier alpha value is -5.18. The van der Waals surface area contributed by atoms with Crippen molar-refractivity contribution in [2.24, 2.45) is 5.41 Å². The SMILES string of the molecule is CC(=O)NCc1ccc(-c2ccc([C@@H](Oc3cc(N4CCC5(CC4)CNC(C(=O)O)C5)nc(N)n3)C(F)(F)F)c(-n3ccc(C)n3)c2)cc1. The minimum Gasteiger partial charge on any atom is -0.480 e. The number of carbonyl (C=O) groups excluding carboxylic acids is 1. The highest BCUT2D eigenvalue weighted by Gasteiger charge is 2.46. The van der Waals surface area contributed by atoms with Gasteiger partial charge >= 0.3 is 12.1 Å². The molecule has 0 aliphatic carbocycles. The standard InChI is InChI=1S/C34H37F3N8O4/c1-20-9-12-45(43-20)27-15-24(23-5-3-22(4-6-23)18-39-21(2)46)7-8-25(27)30(34(35,36)37)49-29-16-28(41-32(38)42-29)44-13-10-33(11-14-44)17-26(31(47)48)40-19-33/h3-9,12,15-16,26,30,40H,10-11,13-14,17-19H2,1-2H3,(H,39,46)(H,47,48)(H2,38,41,42)/t26?,30-/m1/s1. The maximum absolute atomic E-state index is 14.9. The molecule has 1 unspecified atom stereocenters. The summed E-state index contributed by atoms with van der Waals surface area (Å²) in [6, 6.07) is 14.4. The molecule has 5 N–H and O–H groups in total. The van der Waals surface area contributed by atoms with Crippen LogP contribution in [0.3, 0.4) is 0 Å². The number of piperidine rings is 1. The van der Waals surface area contributed by atoms with Crippen LogP contribution in [0.15, 0.2) is 60.8 Å². The molecule has 2 fully saturated rings. The Morgan fingerprint density at radius 1 is 1.10 bits per heavy atom. The molecule has 6 rings (SSSR count). The minimum absolute atomic E-state index is 0.153. The number of hydrogen-bond donors (Lipinski definition) is 4. The first-order valence-electron chi connectivity index (χ1n) is 15.9. The predicted molar refractivity (Wildman–Crippen MR) is 175 cm³/mol. The van der Waals surface area contributed by atoms with Gasteiger partial charge < -0.3 is 31.1 Å². The lowest BCUT2D eigenvalue weighted by Gasteiger charge is -2.39. The average Bonchev–Trinajstić information content (AvgIpc) is 3.69. The maximum atomic E-state index is 14.9. The summed E-state index contributed by atoms with van der Waals surface area (Å²) < 4.78 is 51.7. The van der Waals surface area contributed by atoms with Crippen molar-refractivity contribution in [2.45, 2.75) is 58.0 Å². The number of anilines is 2. The monoisotopic (exact) mass is 678 g/mol. The molecule has 49 heavy (non-hydrogen) atoms. The van der Waals surface area contributed by atoms with E-state index in [-0.39, 0.29) is 34.4 Å². The molecule has 15 heteroatoms. The number of nitrogens with two attached hydrogens (primary N) is 1. The lowest BCUT2D eigenvalue weighted by molar-refractivity contribution is -0.198. The van der Waals surface area contributed by atoms with E-state index in [1.54, 1.807) is 31.3 Å². The Kier molecular flexibility index (Phi) is 9.20. The Morgan fingerprint density at radius 2 is 1.82 bits per heavy atom. The van der Waals surface area contributed by atoms with Crippen LogP contribution in [0, 0.1) is 12.3 Å². The Morgan fingerprint density at radius 3 is 2.43 bits per heavy atom. The normalized spacial score (nSPS) is 18.0. The van der Waals surface area contributed by atoms with Gasteiger partial charge in [0.1, 0.15) is 11.9 Å². The summed E-state index contributed by atoms with van der Waals surface area (Å²) in [6.07, 6.45) is -3.80. The Labute approximate surface area is 280 Å². The largest absolute Gasteiger partial charge is 0.480 e. The molecule has 2 atom stereocenters. The van der Waals surface area contributed by atoms with Crippen molar-refractivity contribution in [1.82, 2.24) is 30.4 Å². The van der Waals surface area contributed by atoms with E-state index >= 15 is 0 Å². The molecule has 4 heterocycles. The molecule has 2 aromatic carbocycles. The third kappa shape index (κ3) is 7.61. The molecular weight excluding hydrogens is 641 g/mol. The zero-order valence-corrected chi connectivity index (χ0v) is 27.0. The first-order valence-corrected chi connectivity index (χ1v) is 15.9. The van der Waals surface area contributed by atoms with Crippen LogP contribution in [-0.4, -0.2) is 68.6 Å². The van der Waals surface area contributed by atoms with Gasteiger partial charge in [-0.2, -0.15) is 28.2 Å². The summed E-state index contributed by atoms with van der Waals surface area (Å²) in [6.45, 7) is 5.16. The van der Waals surface area contributed by atoms with Crippen LogP contribution in [0.2, 0.25) is 0 Å². The van der Waals surface area contributed by atoms with Crippen molar-refractivity contribution >= 4 is 23.6 Å². The number of aliphatic carboxylic acids is 1. The number of halogens is 3. The number of aryl methyl sites for hydroxylation is 1. The van der Waals surface area contributed by atoms with Crippen LogP contribution in [-0.2, 0) is 16.1 Å². The number of hydrogen-bond acceptors (Lipinski definition) is 9. The molecule has 258 valence electrons. The number of nitrogen functional groups attached to an aromatic ring is 1. The highest BCUT2D eigenvalue weighted by atomic mass is 19.4. The van der Waals surface area contributed by atoms with Crippen molar-refractivity contribution in [1.29, 1.82) is 0 Å². The van der Waals surface area contributed by atoms with E-state index in [0.29, 0.717) is 62.5 Å². The predicted octanol–water partition coefficient (Wildman–Crippen LogP) is 4.57. The first kappa shape index (κ1) is 33.7. The summed E-state index contributed by atoms with van der Waals surface area (Å²) in [4.78, 5) is 33.0. The molecule has 0 saturated carbocycles. The molecule has 0 bridgehead atoms. The number of rotatable bonds is 9. The number of nitrogens with zero attached hydrogens (tertiary/aromatic N) is 5. The third-order valence-corrected chi connectivity index (χ3v) is 9.16. The topological polar surface area (TPSA) is 161 Å². The number of carbonyl (C=O) groups is 2. The Balaban J connectivity index is 1.28. The summed E-state index contributed by atoms with van der Waals surface area (Å²) in [7, 11) is 0. The second-order valence-electron chi connectivity index (χ2n) is 12.7. The number of carboxylic acids is 1. The molecular formula is C34H37F3N8O4. The van der Waals surface area contributed by atoms with Gasteiger partial charge in [-0.15, -0.1) is 0 Å². The minimum atomic E-state index is -4.85. The molecule has 4 aromatic rings. The van der Waals surface area contributed by atoms with Crippen molar-refractivity contribution < 1.29 is 32.6 Å². The molecule has 2 aliphatic rings. The van der Waals surface area contributed by atoms with E-state index < -0.39 is 24.3 Å². The van der Waals surface area contributed by atoms with Crippen LogP contribution >= 0.6 is 0 Å². The van der Waals surface area contributed by atoms with Crippen LogP contribution in [0.25, 0.3) is 16.8 Å². The van der Waals surface area contributed by atoms with Crippen molar-refractivity contribution in [3.8, 4) is 22.7 Å². The smallest absolute Gasteiger partial charge is 0.429 e. The highest BCUT2D eigenvalue weighted by Crippen LogP contribution is 2.43. The summed E-state index contributed by atoms with van der Waals surface area (Å²) in [5.41, 5.74) is 8.72. The van der Waals surface area contributed by atoms with Crippen LogP contribution < -0.4 is 26.0 Å². The zero-order chi connectivity index (χ0) is 34.9. The molecule has 2 aromatic heterocycles. The molecule has 2 saturated heterocycles. The molecule has 12 nitrogen and oxygen atoms in total. The van der Waals surface area contributed by atoms with E-state index in [1.165, 1.54) is 23.7 Å². The van der Waals surface area contributed by atoms with Gasteiger partial charge in [0.2, 0.25) is 23.8 Å². The zero-order valence-electron chi connectivity index (χ0n) is 27.0. The van der Waals surface area contributed by atoms with E-state index in [0.717, 1.165) is 11.1 Å². The Bertz CT molecular complexity index is 1840. The van der Waals surface area contributed by atoms with Crippen molar-refractivity contribution in [2.75, 3.05) is 30.3 Å². The van der Waals surface area contributed by atoms with Gasteiger partial charge in [-0.3, -0.25) is 9.59 Å². The number of benzene rings is 2. The summed E-state index contributed by atoms with van der Waals surface area (Å²) >= 11 is 0. The van der Waals surface area contributed by atoms with Crippen molar-refractivity contribution in [3.63, 3.8) is 0 Å². The number of amides is 1. The number of carboxylic acid groups (broad SMARTS) is 1. The molecule has 1 amide bonds. The molecule has 0 radical (unpaired) electrons. The fraction of sp³-hybridized carbons (Fsp3) is 0.382. The van der Waals surface area contributed by atoms with Gasteiger partial charge in [0, 0.05) is 50.9 Å². The number of nitrogens with one attached hydrogen (secondary N) is 2. The first-order chi connectivity index (χ1) is 23.3.